The molecule has 0 radical (unpaired) electrons. The van der Waals surface area contributed by atoms with E-state index in [1.165, 1.54) is 11.3 Å². The molecule has 0 aliphatic carbocycles. The highest BCUT2D eigenvalue weighted by Crippen LogP contribution is 2.12. The summed E-state index contributed by atoms with van der Waals surface area (Å²) in [6.45, 7) is 9.62. The van der Waals surface area contributed by atoms with Crippen molar-refractivity contribution in [3.63, 3.8) is 0 Å². The van der Waals surface area contributed by atoms with Gasteiger partial charge in [0.2, 0.25) is 0 Å². The summed E-state index contributed by atoms with van der Waals surface area (Å²) in [6, 6.07) is 0. The molecule has 14 heavy (non-hydrogen) atoms. The fraction of sp³-hybridized carbons (Fsp3) is 0.700. The summed E-state index contributed by atoms with van der Waals surface area (Å²) in [5.74, 6) is 0. The minimum atomic E-state index is 0.681. The molecule has 0 aliphatic rings. The van der Waals surface area contributed by atoms with Crippen molar-refractivity contribution in [1.82, 2.24) is 15.1 Å². The molecule has 0 bridgehead atoms. The quantitative estimate of drug-likeness (QED) is 0.677. The molecular weight excluding hydrogens is 176 g/mol. The lowest BCUT2D eigenvalue weighted by Crippen LogP contribution is -2.22. The molecule has 0 aromatic carbocycles. The van der Waals surface area contributed by atoms with E-state index in [1.54, 1.807) is 0 Å². The van der Waals surface area contributed by atoms with E-state index in [2.05, 4.69) is 31.2 Å². The number of nitrogens with zero attached hydrogens (tertiary/aromatic N) is 2. The van der Waals surface area contributed by atoms with Crippen molar-refractivity contribution in [1.29, 1.82) is 0 Å². The van der Waals surface area contributed by atoms with Gasteiger partial charge in [-0.15, -0.1) is 0 Å². The van der Waals surface area contributed by atoms with Gasteiger partial charge in [-0.3, -0.25) is 4.68 Å². The molecule has 0 saturated carbocycles. The highest BCUT2D eigenvalue weighted by molar-refractivity contribution is 5.24. The third kappa shape index (κ3) is 2.33. The zero-order chi connectivity index (χ0) is 10.6. The predicted molar refractivity (Wildman–Crippen MR) is 58.1 cm³/mol. The molecule has 1 aromatic rings. The molecule has 0 aliphatic heterocycles. The Labute approximate surface area is 85.5 Å². The second-order valence-corrected chi connectivity index (χ2v) is 3.43. The van der Waals surface area contributed by atoms with Gasteiger partial charge in [0.15, 0.2) is 0 Å². The molecular formula is C10H20N4. The normalized spacial score (nSPS) is 10.9. The van der Waals surface area contributed by atoms with Crippen molar-refractivity contribution in [3.05, 3.63) is 17.0 Å². The number of nitrogens with two attached hydrogens (primary N) is 1. The minimum Gasteiger partial charge on any atom is -0.329 e. The van der Waals surface area contributed by atoms with Crippen LogP contribution in [0.2, 0.25) is 0 Å². The van der Waals surface area contributed by atoms with Crippen LogP contribution in [0.25, 0.3) is 0 Å². The van der Waals surface area contributed by atoms with Crippen LogP contribution in [0.5, 0.6) is 0 Å². The van der Waals surface area contributed by atoms with Crippen molar-refractivity contribution >= 4 is 0 Å². The van der Waals surface area contributed by atoms with Crippen LogP contribution in [-0.4, -0.2) is 22.9 Å². The number of hydrogen-bond donors (Lipinski definition) is 2. The molecule has 4 heteroatoms. The predicted octanol–water partition coefficient (Wildman–Crippen LogP) is 0.568. The lowest BCUT2D eigenvalue weighted by Gasteiger charge is -2.04. The first-order valence-electron chi connectivity index (χ1n) is 5.14. The molecule has 1 heterocycles. The second-order valence-electron chi connectivity index (χ2n) is 3.43. The maximum Gasteiger partial charge on any atom is 0.0641 e. The van der Waals surface area contributed by atoms with Crippen LogP contribution in [0, 0.1) is 13.8 Å². The molecule has 0 unspecified atom stereocenters. The Kier molecular flexibility index (Phi) is 4.10. The highest BCUT2D eigenvalue weighted by Gasteiger charge is 2.08. The van der Waals surface area contributed by atoms with Gasteiger partial charge in [-0.1, -0.05) is 0 Å². The van der Waals surface area contributed by atoms with Gasteiger partial charge >= 0.3 is 0 Å². The van der Waals surface area contributed by atoms with Crippen LogP contribution in [-0.2, 0) is 13.1 Å². The van der Waals surface area contributed by atoms with Crippen LogP contribution in [0.3, 0.4) is 0 Å². The molecule has 0 fully saturated rings. The maximum atomic E-state index is 5.42. The van der Waals surface area contributed by atoms with Crippen LogP contribution in [0.4, 0.5) is 0 Å². The monoisotopic (exact) mass is 196 g/mol. The fourth-order valence-electron chi connectivity index (χ4n) is 1.61. The van der Waals surface area contributed by atoms with E-state index in [0.717, 1.165) is 25.3 Å². The van der Waals surface area contributed by atoms with E-state index >= 15 is 0 Å². The van der Waals surface area contributed by atoms with Crippen molar-refractivity contribution in [2.24, 2.45) is 5.73 Å². The summed E-state index contributed by atoms with van der Waals surface area (Å²) in [4.78, 5) is 0. The summed E-state index contributed by atoms with van der Waals surface area (Å²) >= 11 is 0. The second kappa shape index (κ2) is 5.12. The smallest absolute Gasteiger partial charge is 0.0641 e. The first-order valence-corrected chi connectivity index (χ1v) is 5.14. The van der Waals surface area contributed by atoms with Crippen LogP contribution in [0.15, 0.2) is 0 Å². The summed E-state index contributed by atoms with van der Waals surface area (Å²) < 4.78 is 2.04. The zero-order valence-corrected chi connectivity index (χ0v) is 9.30. The molecule has 0 amide bonds. The van der Waals surface area contributed by atoms with Gasteiger partial charge in [-0.25, -0.2) is 0 Å². The first-order chi connectivity index (χ1) is 6.70. The van der Waals surface area contributed by atoms with E-state index in [4.69, 9.17) is 5.73 Å². The largest absolute Gasteiger partial charge is 0.329 e. The Bertz CT molecular complexity index is 291. The molecule has 0 atom stereocenters. The Hall–Kier alpha value is -0.870. The molecule has 1 rings (SSSR count). The van der Waals surface area contributed by atoms with E-state index in [-0.39, 0.29) is 0 Å². The van der Waals surface area contributed by atoms with Crippen molar-refractivity contribution < 1.29 is 0 Å². The van der Waals surface area contributed by atoms with Crippen molar-refractivity contribution in [2.75, 3.05) is 13.1 Å². The lowest BCUT2D eigenvalue weighted by molar-refractivity contribution is 0.631. The SMILES string of the molecule is CCn1nc(C)c(CNCCN)c1C. The number of aromatic nitrogens is 2. The van der Waals surface area contributed by atoms with Gasteiger partial charge in [0.25, 0.3) is 0 Å². The van der Waals surface area contributed by atoms with Crippen LogP contribution in [0.1, 0.15) is 23.9 Å². The Morgan fingerprint density at radius 2 is 2.14 bits per heavy atom. The number of rotatable bonds is 5. The molecule has 1 aromatic heterocycles. The molecule has 0 spiro atoms. The lowest BCUT2D eigenvalue weighted by atomic mass is 10.2. The van der Waals surface area contributed by atoms with Gasteiger partial charge in [0.1, 0.15) is 0 Å². The molecule has 0 saturated heterocycles. The summed E-state index contributed by atoms with van der Waals surface area (Å²) in [7, 11) is 0. The van der Waals surface area contributed by atoms with Crippen molar-refractivity contribution in [3.8, 4) is 0 Å². The van der Waals surface area contributed by atoms with Gasteiger partial charge in [-0.2, -0.15) is 5.10 Å². The zero-order valence-electron chi connectivity index (χ0n) is 9.30. The molecule has 3 N–H and O–H groups in total. The maximum absolute atomic E-state index is 5.42. The van der Waals surface area contributed by atoms with E-state index in [1.807, 2.05) is 4.68 Å². The summed E-state index contributed by atoms with van der Waals surface area (Å²) in [5.41, 5.74) is 9.10. The third-order valence-electron chi connectivity index (χ3n) is 2.45. The topological polar surface area (TPSA) is 55.9 Å². The summed E-state index contributed by atoms with van der Waals surface area (Å²) in [5, 5.41) is 7.74. The highest BCUT2D eigenvalue weighted by atomic mass is 15.3. The average Bonchev–Trinajstić information content (AvgIpc) is 2.45. The molecule has 80 valence electrons. The Morgan fingerprint density at radius 3 is 2.64 bits per heavy atom. The van der Waals surface area contributed by atoms with Gasteiger partial charge < -0.3 is 11.1 Å². The number of nitrogens with one attached hydrogen (secondary N) is 1. The van der Waals surface area contributed by atoms with Gasteiger partial charge in [0.05, 0.1) is 5.69 Å². The van der Waals surface area contributed by atoms with Crippen molar-refractivity contribution in [2.45, 2.75) is 33.9 Å². The molecule has 4 nitrogen and oxygen atoms in total. The summed E-state index contributed by atoms with van der Waals surface area (Å²) in [6.07, 6.45) is 0. The van der Waals surface area contributed by atoms with E-state index in [9.17, 15) is 0 Å². The first kappa shape index (κ1) is 11.2. The minimum absolute atomic E-state index is 0.681. The van der Waals surface area contributed by atoms with Gasteiger partial charge in [-0.05, 0) is 20.8 Å². The van der Waals surface area contributed by atoms with E-state index in [0.29, 0.717) is 6.54 Å². The van der Waals surface area contributed by atoms with E-state index < -0.39 is 0 Å². The Balaban J connectivity index is 2.70. The third-order valence-corrected chi connectivity index (χ3v) is 2.45. The number of aryl methyl sites for hydroxylation is 2. The number of hydrogen-bond acceptors (Lipinski definition) is 3. The average molecular weight is 196 g/mol. The van der Waals surface area contributed by atoms with Gasteiger partial charge in [0, 0.05) is 37.4 Å². The fourth-order valence-corrected chi connectivity index (χ4v) is 1.61. The van der Waals surface area contributed by atoms with Crippen LogP contribution < -0.4 is 11.1 Å². The Morgan fingerprint density at radius 1 is 1.43 bits per heavy atom. The standard InChI is InChI=1S/C10H20N4/c1-4-14-9(3)10(8(2)13-14)7-12-6-5-11/h12H,4-7,11H2,1-3H3. The van der Waals surface area contributed by atoms with Crippen LogP contribution >= 0.6 is 0 Å².